The van der Waals surface area contributed by atoms with Crippen LogP contribution in [-0.4, -0.2) is 25.8 Å². The van der Waals surface area contributed by atoms with Crippen LogP contribution in [0.2, 0.25) is 0 Å². The molecule has 8 heteroatoms. The van der Waals surface area contributed by atoms with Crippen molar-refractivity contribution in [2.45, 2.75) is 32.6 Å². The molecule has 0 bridgehead atoms. The van der Waals surface area contributed by atoms with Gasteiger partial charge in [-0.25, -0.2) is 4.99 Å². The van der Waals surface area contributed by atoms with Crippen LogP contribution in [0.4, 0.5) is 20.2 Å². The van der Waals surface area contributed by atoms with Crippen LogP contribution in [0.3, 0.4) is 0 Å². The van der Waals surface area contributed by atoms with Gasteiger partial charge < -0.3 is 25.3 Å². The van der Waals surface area contributed by atoms with Crippen LogP contribution < -0.4 is 15.8 Å². The fraction of sp³-hybridized carbons (Fsp3) is 0.269. The van der Waals surface area contributed by atoms with E-state index in [4.69, 9.17) is 15.2 Å². The second-order valence-electron chi connectivity index (χ2n) is 8.00. The highest BCUT2D eigenvalue weighted by molar-refractivity contribution is 5.76. The van der Waals surface area contributed by atoms with Crippen molar-refractivity contribution in [2.24, 2.45) is 10.7 Å². The highest BCUT2D eigenvalue weighted by atomic mass is 19.3. The lowest BCUT2D eigenvalue weighted by Crippen LogP contribution is -2.27. The molecule has 1 aliphatic rings. The molecule has 1 atom stereocenters. The summed E-state index contributed by atoms with van der Waals surface area (Å²) in [6, 6.07) is 20.9. The van der Waals surface area contributed by atoms with Gasteiger partial charge in [-0.2, -0.15) is 8.78 Å². The van der Waals surface area contributed by atoms with E-state index in [1.165, 1.54) is 6.07 Å². The fourth-order valence-electron chi connectivity index (χ4n) is 4.02. The number of para-hydroxylation sites is 1. The summed E-state index contributed by atoms with van der Waals surface area (Å²) in [6.45, 7) is 1.93. The number of aliphatic imine (C=N–C) groups is 1. The second kappa shape index (κ2) is 10.1. The van der Waals surface area contributed by atoms with Crippen molar-refractivity contribution in [1.29, 1.82) is 0 Å². The molecule has 34 heavy (non-hydrogen) atoms. The van der Waals surface area contributed by atoms with Crippen molar-refractivity contribution < 1.29 is 23.0 Å². The molecule has 3 N–H and O–H groups in total. The lowest BCUT2D eigenvalue weighted by molar-refractivity contribution is -0.0503. The van der Waals surface area contributed by atoms with Crippen molar-refractivity contribution >= 4 is 17.4 Å². The number of nitrogens with zero attached hydrogens (tertiary/aromatic N) is 1. The summed E-state index contributed by atoms with van der Waals surface area (Å²) >= 11 is 0. The Bertz CT molecular complexity index is 1170. The molecule has 1 heterocycles. The van der Waals surface area contributed by atoms with E-state index in [-0.39, 0.29) is 18.4 Å². The number of hydrogen-bond donors (Lipinski definition) is 2. The Labute approximate surface area is 197 Å². The minimum Gasteiger partial charge on any atom is -0.462 e. The number of ether oxygens (including phenoxy) is 3. The van der Waals surface area contributed by atoms with Crippen molar-refractivity contribution in [2.75, 3.05) is 18.5 Å². The number of amidine groups is 1. The van der Waals surface area contributed by atoms with Gasteiger partial charge >= 0.3 is 6.61 Å². The van der Waals surface area contributed by atoms with Crippen molar-refractivity contribution in [3.05, 3.63) is 89.0 Å². The largest absolute Gasteiger partial charge is 0.462 e. The number of anilines is 2. The van der Waals surface area contributed by atoms with Gasteiger partial charge in [0.15, 0.2) is 5.54 Å². The number of aryl methyl sites for hydroxylation is 1. The lowest BCUT2D eigenvalue weighted by atomic mass is 9.82. The summed E-state index contributed by atoms with van der Waals surface area (Å²) in [5, 5.41) is 3.43. The van der Waals surface area contributed by atoms with Gasteiger partial charge in [0.1, 0.15) is 12.4 Å². The van der Waals surface area contributed by atoms with Crippen molar-refractivity contribution in [3.8, 4) is 5.75 Å². The third-order valence-electron chi connectivity index (χ3n) is 5.60. The van der Waals surface area contributed by atoms with E-state index in [1.54, 1.807) is 19.1 Å². The molecular weight excluding hydrogens is 440 g/mol. The molecule has 4 rings (SSSR count). The number of hydrogen-bond acceptors (Lipinski definition) is 6. The summed E-state index contributed by atoms with van der Waals surface area (Å²) < 4.78 is 41.4. The smallest absolute Gasteiger partial charge is 0.387 e. The molecule has 1 aliphatic heterocycles. The molecule has 6 nitrogen and oxygen atoms in total. The zero-order valence-corrected chi connectivity index (χ0v) is 19.1. The normalized spacial score (nSPS) is 17.4. The van der Waals surface area contributed by atoms with Crippen molar-refractivity contribution in [3.63, 3.8) is 0 Å². The Morgan fingerprint density at radius 1 is 1.06 bits per heavy atom. The van der Waals surface area contributed by atoms with Crippen LogP contribution in [0.25, 0.3) is 0 Å². The van der Waals surface area contributed by atoms with E-state index in [0.717, 1.165) is 28.1 Å². The third-order valence-corrected chi connectivity index (χ3v) is 5.60. The van der Waals surface area contributed by atoms with E-state index in [9.17, 15) is 8.78 Å². The molecule has 3 aromatic carbocycles. The molecule has 0 saturated heterocycles. The fourth-order valence-corrected chi connectivity index (χ4v) is 4.02. The van der Waals surface area contributed by atoms with E-state index in [0.29, 0.717) is 18.8 Å². The number of nitrogens with one attached hydrogen (secondary N) is 1. The van der Waals surface area contributed by atoms with Gasteiger partial charge in [0.2, 0.25) is 0 Å². The van der Waals surface area contributed by atoms with Gasteiger partial charge in [-0.15, -0.1) is 0 Å². The van der Waals surface area contributed by atoms with E-state index < -0.39 is 12.2 Å². The molecule has 1 unspecified atom stereocenters. The van der Waals surface area contributed by atoms with Crippen LogP contribution in [0.1, 0.15) is 29.2 Å². The summed E-state index contributed by atoms with van der Waals surface area (Å²) in [6.07, 6.45) is 0. The SMILES string of the molecule is CCOCc1cc(Nc2ccccc2)cc(C2(c3ccc(OC(F)F)c(C)c3)COC(N)=N2)c1. The molecule has 0 aromatic heterocycles. The predicted molar refractivity (Wildman–Crippen MR) is 128 cm³/mol. The van der Waals surface area contributed by atoms with E-state index in [2.05, 4.69) is 15.0 Å². The number of halogens is 2. The first-order valence-electron chi connectivity index (χ1n) is 11.0. The number of alkyl halides is 2. The van der Waals surface area contributed by atoms with Gasteiger partial charge in [-0.1, -0.05) is 30.3 Å². The second-order valence-corrected chi connectivity index (χ2v) is 8.00. The Balaban J connectivity index is 1.80. The third kappa shape index (κ3) is 5.12. The van der Waals surface area contributed by atoms with Crippen LogP contribution >= 0.6 is 0 Å². The van der Waals surface area contributed by atoms with Crippen LogP contribution in [0.15, 0.2) is 71.7 Å². The molecule has 178 valence electrons. The van der Waals surface area contributed by atoms with Gasteiger partial charge in [-0.3, -0.25) is 0 Å². The van der Waals surface area contributed by atoms with E-state index in [1.807, 2.05) is 55.5 Å². The Kier molecular flexibility index (Phi) is 6.98. The van der Waals surface area contributed by atoms with Crippen LogP contribution in [0.5, 0.6) is 5.75 Å². The van der Waals surface area contributed by atoms with E-state index >= 15 is 0 Å². The maximum Gasteiger partial charge on any atom is 0.387 e. The molecule has 0 radical (unpaired) electrons. The van der Waals surface area contributed by atoms with Crippen LogP contribution in [-0.2, 0) is 21.6 Å². The first-order chi connectivity index (χ1) is 16.4. The Hall–Kier alpha value is -3.65. The minimum atomic E-state index is -2.90. The first-order valence-corrected chi connectivity index (χ1v) is 11.0. The van der Waals surface area contributed by atoms with Gasteiger partial charge in [0, 0.05) is 18.0 Å². The molecule has 0 saturated carbocycles. The number of rotatable bonds is 9. The number of benzene rings is 3. The topological polar surface area (TPSA) is 78.1 Å². The highest BCUT2D eigenvalue weighted by Gasteiger charge is 2.41. The first kappa shape index (κ1) is 23.5. The molecule has 0 amide bonds. The zero-order chi connectivity index (χ0) is 24.1. The Morgan fingerprint density at radius 3 is 2.50 bits per heavy atom. The molecule has 0 aliphatic carbocycles. The predicted octanol–water partition coefficient (Wildman–Crippen LogP) is 5.47. The quantitative estimate of drug-likeness (QED) is 0.437. The molecule has 0 spiro atoms. The minimum absolute atomic E-state index is 0.0679. The standard InChI is InChI=1S/C26H27F2N3O3/c1-3-32-15-18-12-20(14-22(13-18)30-21-7-5-4-6-8-21)26(16-33-25(29)31-26)19-9-10-23(17(2)11-19)34-24(27)28/h4-14,24,30H,3,15-16H2,1-2H3,(H2,29,31). The summed E-state index contributed by atoms with van der Waals surface area (Å²) in [7, 11) is 0. The Morgan fingerprint density at radius 2 is 1.85 bits per heavy atom. The monoisotopic (exact) mass is 467 g/mol. The summed E-state index contributed by atoms with van der Waals surface area (Å²) in [4.78, 5) is 4.68. The van der Waals surface area contributed by atoms with Crippen LogP contribution in [0, 0.1) is 6.92 Å². The van der Waals surface area contributed by atoms with Gasteiger partial charge in [0.05, 0.1) is 6.61 Å². The average Bonchev–Trinajstić information content (AvgIpc) is 3.22. The average molecular weight is 468 g/mol. The summed E-state index contributed by atoms with van der Waals surface area (Å²) in [5.41, 5.74) is 9.91. The maximum atomic E-state index is 12.8. The maximum absolute atomic E-state index is 12.8. The summed E-state index contributed by atoms with van der Waals surface area (Å²) in [5.74, 6) is 0.112. The highest BCUT2D eigenvalue weighted by Crippen LogP contribution is 2.41. The molecule has 0 fully saturated rings. The number of nitrogens with two attached hydrogens (primary N) is 1. The van der Waals surface area contributed by atoms with Gasteiger partial charge in [0.25, 0.3) is 6.02 Å². The van der Waals surface area contributed by atoms with Crippen molar-refractivity contribution in [1.82, 2.24) is 0 Å². The van der Waals surface area contributed by atoms with Gasteiger partial charge in [-0.05, 0) is 72.5 Å². The zero-order valence-electron chi connectivity index (χ0n) is 19.1. The molecule has 3 aromatic rings. The molecular formula is C26H27F2N3O3. The lowest BCUT2D eigenvalue weighted by Gasteiger charge is -2.27.